The number of fused-ring (bicyclic) bond motifs is 1. The number of hydrogen-bond donors (Lipinski definition) is 4. The zero-order valence-electron chi connectivity index (χ0n) is 11.6. The van der Waals surface area contributed by atoms with E-state index in [1.165, 1.54) is 24.3 Å². The number of benzene rings is 2. The van der Waals surface area contributed by atoms with Gasteiger partial charge in [0.1, 0.15) is 28.9 Å². The van der Waals surface area contributed by atoms with E-state index in [2.05, 4.69) is 0 Å². The van der Waals surface area contributed by atoms with Crippen molar-refractivity contribution >= 4 is 5.78 Å². The van der Waals surface area contributed by atoms with E-state index in [9.17, 15) is 25.2 Å². The molecule has 0 aliphatic carbocycles. The van der Waals surface area contributed by atoms with Gasteiger partial charge in [-0.1, -0.05) is 13.0 Å². The molecule has 1 aliphatic heterocycles. The van der Waals surface area contributed by atoms with Gasteiger partial charge in [0.15, 0.2) is 17.3 Å². The largest absolute Gasteiger partial charge is 0.508 e. The van der Waals surface area contributed by atoms with Gasteiger partial charge in [-0.25, -0.2) is 0 Å². The second-order valence-electron chi connectivity index (χ2n) is 5.28. The molecule has 2 atom stereocenters. The minimum atomic E-state index is -0.701. The Labute approximate surface area is 125 Å². The van der Waals surface area contributed by atoms with Gasteiger partial charge in [-0.15, -0.1) is 0 Å². The van der Waals surface area contributed by atoms with Crippen LogP contribution in [0.4, 0.5) is 0 Å². The molecule has 0 saturated heterocycles. The maximum Gasteiger partial charge on any atom is 0.177 e. The first kappa shape index (κ1) is 14.1. The Kier molecular flexibility index (Phi) is 3.09. The molecule has 0 amide bonds. The molecular formula is C16H14O6. The SMILES string of the molecule is C[C@@H]1C(=O)c2c(O)cc(O)cc2O[C@@H]1c1ccc(O)c(O)c1. The normalized spacial score (nSPS) is 20.3. The van der Waals surface area contributed by atoms with Crippen molar-refractivity contribution in [1.29, 1.82) is 0 Å². The van der Waals surface area contributed by atoms with E-state index in [4.69, 9.17) is 4.74 Å². The number of carbonyl (C=O) groups excluding carboxylic acids is 1. The van der Waals surface area contributed by atoms with Crippen molar-refractivity contribution in [3.05, 3.63) is 41.5 Å². The van der Waals surface area contributed by atoms with Gasteiger partial charge in [0, 0.05) is 12.1 Å². The highest BCUT2D eigenvalue weighted by Gasteiger charge is 2.37. The fourth-order valence-electron chi connectivity index (χ4n) is 2.61. The first-order valence-corrected chi connectivity index (χ1v) is 6.67. The highest BCUT2D eigenvalue weighted by molar-refractivity contribution is 6.04. The third-order valence-corrected chi connectivity index (χ3v) is 3.76. The maximum absolute atomic E-state index is 12.5. The van der Waals surface area contributed by atoms with Crippen molar-refractivity contribution in [2.45, 2.75) is 13.0 Å². The highest BCUT2D eigenvalue weighted by atomic mass is 16.5. The lowest BCUT2D eigenvalue weighted by molar-refractivity contribution is 0.0683. The Hall–Kier alpha value is -2.89. The van der Waals surface area contributed by atoms with Gasteiger partial charge in [-0.05, 0) is 17.7 Å². The molecule has 0 aromatic heterocycles. The standard InChI is InChI=1S/C16H14O6/c1-7-15(21)14-12(20)5-9(17)6-13(14)22-16(7)8-2-3-10(18)11(19)4-8/h2-7,16-20H,1H3/t7-,16+/m1/s1. The summed E-state index contributed by atoms with van der Waals surface area (Å²) in [5.74, 6) is -1.98. The summed E-state index contributed by atoms with van der Waals surface area (Å²) in [6.07, 6.45) is -0.701. The third-order valence-electron chi connectivity index (χ3n) is 3.76. The first-order valence-electron chi connectivity index (χ1n) is 6.67. The van der Waals surface area contributed by atoms with Gasteiger partial charge in [-0.3, -0.25) is 4.79 Å². The predicted molar refractivity (Wildman–Crippen MR) is 76.4 cm³/mol. The molecule has 6 heteroatoms. The van der Waals surface area contributed by atoms with Crippen molar-refractivity contribution in [1.82, 2.24) is 0 Å². The number of phenolic OH excluding ortho intramolecular Hbond substituents is 4. The zero-order chi connectivity index (χ0) is 16.0. The van der Waals surface area contributed by atoms with E-state index in [-0.39, 0.29) is 40.1 Å². The Morgan fingerprint density at radius 1 is 0.955 bits per heavy atom. The van der Waals surface area contributed by atoms with Gasteiger partial charge >= 0.3 is 0 Å². The summed E-state index contributed by atoms with van der Waals surface area (Å²) >= 11 is 0. The number of hydrogen-bond acceptors (Lipinski definition) is 6. The van der Waals surface area contributed by atoms with E-state index in [0.29, 0.717) is 5.56 Å². The van der Waals surface area contributed by atoms with Gasteiger partial charge < -0.3 is 25.2 Å². The second-order valence-corrected chi connectivity index (χ2v) is 5.28. The molecule has 4 N–H and O–H groups in total. The predicted octanol–water partition coefficient (Wildman–Crippen LogP) is 2.46. The number of ether oxygens (including phenoxy) is 1. The number of carbonyl (C=O) groups is 1. The molecule has 1 heterocycles. The lowest BCUT2D eigenvalue weighted by Gasteiger charge is -2.31. The van der Waals surface area contributed by atoms with Crippen molar-refractivity contribution < 1.29 is 30.0 Å². The highest BCUT2D eigenvalue weighted by Crippen LogP contribution is 2.44. The van der Waals surface area contributed by atoms with Gasteiger partial charge in [0.2, 0.25) is 0 Å². The van der Waals surface area contributed by atoms with E-state index < -0.39 is 12.0 Å². The first-order chi connectivity index (χ1) is 10.4. The van der Waals surface area contributed by atoms with Gasteiger partial charge in [0.25, 0.3) is 0 Å². The molecule has 3 rings (SSSR count). The molecule has 0 spiro atoms. The van der Waals surface area contributed by atoms with Gasteiger partial charge in [-0.2, -0.15) is 0 Å². The molecule has 6 nitrogen and oxygen atoms in total. The van der Waals surface area contributed by atoms with Crippen LogP contribution < -0.4 is 4.74 Å². The molecule has 0 radical (unpaired) electrons. The van der Waals surface area contributed by atoms with E-state index >= 15 is 0 Å². The smallest absolute Gasteiger partial charge is 0.177 e. The lowest BCUT2D eigenvalue weighted by Crippen LogP contribution is -2.29. The minimum Gasteiger partial charge on any atom is -0.508 e. The van der Waals surface area contributed by atoms with Crippen LogP contribution in [-0.2, 0) is 0 Å². The topological polar surface area (TPSA) is 107 Å². The molecule has 0 bridgehead atoms. The average Bonchev–Trinajstić information content (AvgIpc) is 2.45. The van der Waals surface area contributed by atoms with E-state index in [1.54, 1.807) is 6.92 Å². The summed E-state index contributed by atoms with van der Waals surface area (Å²) in [7, 11) is 0. The molecule has 114 valence electrons. The summed E-state index contributed by atoms with van der Waals surface area (Å²) in [5.41, 5.74) is 0.536. The summed E-state index contributed by atoms with van der Waals surface area (Å²) in [6, 6.07) is 6.50. The average molecular weight is 302 g/mol. The number of ketones is 1. The van der Waals surface area contributed by atoms with Crippen LogP contribution in [0.1, 0.15) is 28.9 Å². The van der Waals surface area contributed by atoms with Crippen LogP contribution in [0.25, 0.3) is 0 Å². The molecule has 22 heavy (non-hydrogen) atoms. The molecule has 0 fully saturated rings. The Morgan fingerprint density at radius 2 is 1.68 bits per heavy atom. The quantitative estimate of drug-likeness (QED) is 0.603. The zero-order valence-corrected chi connectivity index (χ0v) is 11.6. The second kappa shape index (κ2) is 4.84. The van der Waals surface area contributed by atoms with Crippen molar-refractivity contribution in [3.63, 3.8) is 0 Å². The molecule has 2 aromatic rings. The van der Waals surface area contributed by atoms with Crippen molar-refractivity contribution in [3.8, 4) is 28.7 Å². The third kappa shape index (κ3) is 2.09. The van der Waals surface area contributed by atoms with Crippen LogP contribution in [0.15, 0.2) is 30.3 Å². The molecule has 0 unspecified atom stereocenters. The van der Waals surface area contributed by atoms with E-state index in [0.717, 1.165) is 6.07 Å². The Morgan fingerprint density at radius 3 is 2.36 bits per heavy atom. The van der Waals surface area contributed by atoms with Crippen molar-refractivity contribution in [2.24, 2.45) is 5.92 Å². The number of Topliss-reactive ketones (excluding diaryl/α,β-unsaturated/α-hetero) is 1. The molecule has 1 aliphatic rings. The van der Waals surface area contributed by atoms with Crippen LogP contribution in [-0.4, -0.2) is 26.2 Å². The van der Waals surface area contributed by atoms with Crippen LogP contribution in [0.3, 0.4) is 0 Å². The van der Waals surface area contributed by atoms with Crippen LogP contribution in [0.2, 0.25) is 0 Å². The molecular weight excluding hydrogens is 288 g/mol. The van der Waals surface area contributed by atoms with Crippen LogP contribution in [0, 0.1) is 5.92 Å². The summed E-state index contributed by atoms with van der Waals surface area (Å²) in [6.45, 7) is 1.64. The lowest BCUT2D eigenvalue weighted by atomic mass is 9.86. The number of rotatable bonds is 1. The number of aromatic hydroxyl groups is 4. The summed E-state index contributed by atoms with van der Waals surface area (Å²) < 4.78 is 5.72. The fourth-order valence-corrected chi connectivity index (χ4v) is 2.61. The van der Waals surface area contributed by atoms with Crippen LogP contribution in [0.5, 0.6) is 28.7 Å². The van der Waals surface area contributed by atoms with Gasteiger partial charge in [0.05, 0.1) is 5.92 Å². The summed E-state index contributed by atoms with van der Waals surface area (Å²) in [5, 5.41) is 38.3. The van der Waals surface area contributed by atoms with Crippen LogP contribution >= 0.6 is 0 Å². The minimum absolute atomic E-state index is 0.0320. The monoisotopic (exact) mass is 302 g/mol. The Bertz CT molecular complexity index is 767. The number of phenols is 4. The fraction of sp³-hybridized carbons (Fsp3) is 0.188. The Balaban J connectivity index is 2.08. The summed E-state index contributed by atoms with van der Waals surface area (Å²) in [4.78, 5) is 12.5. The van der Waals surface area contributed by atoms with E-state index in [1.807, 2.05) is 0 Å². The molecule has 2 aromatic carbocycles. The molecule has 0 saturated carbocycles. The maximum atomic E-state index is 12.5. The van der Waals surface area contributed by atoms with Crippen molar-refractivity contribution in [2.75, 3.05) is 0 Å².